The van der Waals surface area contributed by atoms with Gasteiger partial charge < -0.3 is 23.7 Å². The van der Waals surface area contributed by atoms with Crippen LogP contribution in [0.2, 0.25) is 19.6 Å². The molecule has 13 heteroatoms. The second kappa shape index (κ2) is 14.2. The topological polar surface area (TPSA) is 135 Å². The SMILES string of the molecule is COC(=O)C(=O)O[C@@]1(C#C[Si](C)(C)C)[C@H](OCc2ccccc2)[C@@](CF)(COCc2ccccc2)O[C@H]1n1ccc(=O)[nH]c1=O. The van der Waals surface area contributed by atoms with Crippen molar-refractivity contribution in [3.63, 3.8) is 0 Å². The Morgan fingerprint density at radius 2 is 1.60 bits per heavy atom. The summed E-state index contributed by atoms with van der Waals surface area (Å²) in [5, 5.41) is 0. The van der Waals surface area contributed by atoms with Gasteiger partial charge in [0.15, 0.2) is 11.8 Å². The molecular weight excluding hydrogens is 603 g/mol. The van der Waals surface area contributed by atoms with Gasteiger partial charge in [0.25, 0.3) is 5.56 Å². The van der Waals surface area contributed by atoms with Crippen molar-refractivity contribution in [2.75, 3.05) is 20.4 Å². The van der Waals surface area contributed by atoms with Gasteiger partial charge in [0.05, 0.1) is 26.9 Å². The van der Waals surface area contributed by atoms with Crippen molar-refractivity contribution < 1.29 is 37.7 Å². The van der Waals surface area contributed by atoms with Gasteiger partial charge in [-0.15, -0.1) is 5.54 Å². The molecule has 1 aliphatic heterocycles. The monoisotopic (exact) mass is 638 g/mol. The van der Waals surface area contributed by atoms with E-state index in [1.807, 2.05) is 56.0 Å². The van der Waals surface area contributed by atoms with E-state index in [1.165, 1.54) is 0 Å². The predicted molar refractivity (Wildman–Crippen MR) is 163 cm³/mol. The molecule has 2 aromatic carbocycles. The van der Waals surface area contributed by atoms with E-state index in [0.717, 1.165) is 29.5 Å². The van der Waals surface area contributed by atoms with E-state index in [4.69, 9.17) is 18.9 Å². The maximum Gasteiger partial charge on any atom is 0.419 e. The van der Waals surface area contributed by atoms with Gasteiger partial charge in [0, 0.05) is 12.3 Å². The fourth-order valence-corrected chi connectivity index (χ4v) is 5.35. The number of nitrogens with one attached hydrogen (secondary N) is 1. The summed E-state index contributed by atoms with van der Waals surface area (Å²) in [5.74, 6) is 0.121. The standard InChI is InChI=1S/C32H35FN2O9Si/c1-40-26(37)27(38)43-32(16-18-45(2,3)4)28(42-20-24-13-9-6-10-14-24)31(21-33,22-41-19-23-11-7-5-8-12-23)44-29(32)35-17-15-25(36)34-30(35)39/h5-15,17,28-29H,19-22H2,1-4H3,(H,34,36,39)/t28-,29-,31-,32+/m1/s1. The number of carbonyl (C=O) groups excluding carboxylic acids is 2. The second-order valence-electron chi connectivity index (χ2n) is 11.5. The molecule has 0 bridgehead atoms. The number of halogens is 1. The molecule has 45 heavy (non-hydrogen) atoms. The fourth-order valence-electron chi connectivity index (χ4n) is 4.78. The Labute approximate surface area is 260 Å². The number of esters is 2. The summed E-state index contributed by atoms with van der Waals surface area (Å²) in [5.41, 5.74) is -1.39. The molecule has 4 rings (SSSR count). The number of hydrogen-bond acceptors (Lipinski definition) is 9. The van der Waals surface area contributed by atoms with Crippen LogP contribution < -0.4 is 11.2 Å². The Hall–Kier alpha value is -4.35. The van der Waals surface area contributed by atoms with Crippen LogP contribution in [0, 0.1) is 11.5 Å². The first kappa shape index (κ1) is 33.5. The van der Waals surface area contributed by atoms with E-state index in [2.05, 4.69) is 21.2 Å². The van der Waals surface area contributed by atoms with Crippen LogP contribution in [0.5, 0.6) is 0 Å². The van der Waals surface area contributed by atoms with Gasteiger partial charge in [-0.2, -0.15) is 0 Å². The molecule has 1 aliphatic rings. The summed E-state index contributed by atoms with van der Waals surface area (Å²) in [7, 11) is -1.31. The molecule has 0 spiro atoms. The number of benzene rings is 2. The van der Waals surface area contributed by atoms with Crippen molar-refractivity contribution in [1.82, 2.24) is 9.55 Å². The van der Waals surface area contributed by atoms with Gasteiger partial charge >= 0.3 is 17.6 Å². The molecule has 1 fully saturated rings. The summed E-state index contributed by atoms with van der Waals surface area (Å²) < 4.78 is 45.6. The van der Waals surface area contributed by atoms with Gasteiger partial charge in [-0.3, -0.25) is 14.3 Å². The van der Waals surface area contributed by atoms with Crippen LogP contribution in [-0.4, -0.2) is 67.3 Å². The van der Waals surface area contributed by atoms with E-state index in [1.54, 1.807) is 24.3 Å². The van der Waals surface area contributed by atoms with Gasteiger partial charge in [0.1, 0.15) is 20.9 Å². The van der Waals surface area contributed by atoms with Gasteiger partial charge in [-0.25, -0.2) is 18.8 Å². The zero-order chi connectivity index (χ0) is 32.7. The van der Waals surface area contributed by atoms with Crippen LogP contribution in [0.4, 0.5) is 4.39 Å². The molecule has 0 aliphatic carbocycles. The maximum atomic E-state index is 15.6. The highest BCUT2D eigenvalue weighted by atomic mass is 28.3. The van der Waals surface area contributed by atoms with E-state index in [-0.39, 0.29) is 13.2 Å². The molecule has 2 heterocycles. The largest absolute Gasteiger partial charge is 0.461 e. The Morgan fingerprint density at radius 1 is 0.978 bits per heavy atom. The number of aromatic amines is 1. The molecule has 1 saturated heterocycles. The lowest BCUT2D eigenvalue weighted by Gasteiger charge is -2.36. The average Bonchev–Trinajstić information content (AvgIpc) is 3.28. The third kappa shape index (κ3) is 7.84. The number of aromatic nitrogens is 2. The van der Waals surface area contributed by atoms with Crippen molar-refractivity contribution in [3.8, 4) is 11.5 Å². The smallest absolute Gasteiger partial charge is 0.419 e. The molecule has 0 radical (unpaired) electrons. The number of hydrogen-bond donors (Lipinski definition) is 1. The first-order valence-corrected chi connectivity index (χ1v) is 17.6. The molecule has 11 nitrogen and oxygen atoms in total. The van der Waals surface area contributed by atoms with Crippen LogP contribution in [0.3, 0.4) is 0 Å². The molecule has 4 atom stereocenters. The van der Waals surface area contributed by atoms with Crippen LogP contribution in [-0.2, 0) is 46.5 Å². The highest BCUT2D eigenvalue weighted by Crippen LogP contribution is 2.49. The minimum absolute atomic E-state index is 0.0656. The summed E-state index contributed by atoms with van der Waals surface area (Å²) in [6.07, 6.45) is -2.15. The second-order valence-corrected chi connectivity index (χ2v) is 16.3. The van der Waals surface area contributed by atoms with Crippen molar-refractivity contribution in [1.29, 1.82) is 0 Å². The van der Waals surface area contributed by atoms with Crippen LogP contribution in [0.1, 0.15) is 17.4 Å². The van der Waals surface area contributed by atoms with Crippen molar-refractivity contribution >= 4 is 20.0 Å². The van der Waals surface area contributed by atoms with E-state index < -0.39 is 68.1 Å². The zero-order valence-corrected chi connectivity index (χ0v) is 26.4. The van der Waals surface area contributed by atoms with Crippen molar-refractivity contribution in [2.24, 2.45) is 0 Å². The lowest BCUT2D eigenvalue weighted by atomic mass is 9.86. The number of methoxy groups -OCH3 is 1. The van der Waals surface area contributed by atoms with Crippen molar-refractivity contribution in [2.45, 2.75) is 56.4 Å². The molecule has 238 valence electrons. The van der Waals surface area contributed by atoms with Crippen LogP contribution in [0.25, 0.3) is 0 Å². The third-order valence-corrected chi connectivity index (χ3v) is 7.75. The van der Waals surface area contributed by atoms with Crippen LogP contribution in [0.15, 0.2) is 82.5 Å². The van der Waals surface area contributed by atoms with Gasteiger partial charge in [0.2, 0.25) is 5.60 Å². The van der Waals surface area contributed by atoms with Crippen LogP contribution >= 0.6 is 0 Å². The number of H-pyrrole nitrogens is 1. The first-order valence-electron chi connectivity index (χ1n) is 14.1. The van der Waals surface area contributed by atoms with E-state index in [9.17, 15) is 19.2 Å². The molecular formula is C32H35FN2O9Si. The first-order chi connectivity index (χ1) is 21.4. The van der Waals surface area contributed by atoms with E-state index in [0.29, 0.717) is 5.56 Å². The Bertz CT molecular complexity index is 1660. The molecule has 1 N–H and O–H groups in total. The molecule has 3 aromatic rings. The Morgan fingerprint density at radius 3 is 2.16 bits per heavy atom. The molecule has 1 aromatic heterocycles. The number of nitrogens with zero attached hydrogens (tertiary/aromatic N) is 1. The normalized spacial score (nSPS) is 22.7. The summed E-state index contributed by atoms with van der Waals surface area (Å²) in [6, 6.07) is 19.1. The number of rotatable bonds is 10. The lowest BCUT2D eigenvalue weighted by molar-refractivity contribution is -0.186. The third-order valence-electron chi connectivity index (χ3n) is 6.87. The predicted octanol–water partition coefficient (Wildman–Crippen LogP) is 2.91. The highest BCUT2D eigenvalue weighted by Gasteiger charge is 2.69. The molecule has 0 unspecified atom stereocenters. The molecule has 0 saturated carbocycles. The highest BCUT2D eigenvalue weighted by molar-refractivity contribution is 6.83. The Kier molecular flexibility index (Phi) is 10.6. The van der Waals surface area contributed by atoms with E-state index >= 15 is 4.39 Å². The molecule has 0 amide bonds. The summed E-state index contributed by atoms with van der Waals surface area (Å²) in [6.45, 7) is 4.03. The average molecular weight is 639 g/mol. The van der Waals surface area contributed by atoms with Crippen molar-refractivity contribution in [3.05, 3.63) is 105 Å². The zero-order valence-electron chi connectivity index (χ0n) is 25.4. The van der Waals surface area contributed by atoms with Gasteiger partial charge in [-0.05, 0) is 11.1 Å². The summed E-state index contributed by atoms with van der Waals surface area (Å²) in [4.78, 5) is 52.8. The summed E-state index contributed by atoms with van der Waals surface area (Å²) >= 11 is 0. The minimum Gasteiger partial charge on any atom is -0.461 e. The maximum absolute atomic E-state index is 15.6. The Balaban J connectivity index is 1.94. The number of alkyl halides is 1. The number of ether oxygens (including phenoxy) is 5. The minimum atomic E-state index is -2.30. The fraction of sp³-hybridized carbons (Fsp3) is 0.375. The quantitative estimate of drug-likeness (QED) is 0.154. The number of carbonyl (C=O) groups is 2. The van der Waals surface area contributed by atoms with Gasteiger partial charge in [-0.1, -0.05) is 86.2 Å². The lowest BCUT2D eigenvalue weighted by Crippen LogP contribution is -2.58.